The number of hydrazone groups is 1. The molecule has 0 fully saturated rings. The van der Waals surface area contributed by atoms with Crippen molar-refractivity contribution in [1.29, 1.82) is 0 Å². The Morgan fingerprint density at radius 2 is 1.96 bits per heavy atom. The molecule has 0 saturated heterocycles. The van der Waals surface area contributed by atoms with Crippen LogP contribution in [0.5, 0.6) is 0 Å². The second kappa shape index (κ2) is 7.95. The third-order valence-corrected chi connectivity index (χ3v) is 3.69. The first-order valence-electron chi connectivity index (χ1n) is 7.98. The van der Waals surface area contributed by atoms with Crippen LogP contribution < -0.4 is 5.43 Å². The summed E-state index contributed by atoms with van der Waals surface area (Å²) < 4.78 is 47.9. The summed E-state index contributed by atoms with van der Waals surface area (Å²) in [6.45, 7) is 0. The van der Waals surface area contributed by atoms with E-state index in [2.05, 4.69) is 15.5 Å². The number of nitrogens with one attached hydrogen (secondary N) is 1. The van der Waals surface area contributed by atoms with Crippen molar-refractivity contribution in [1.82, 2.24) is 4.98 Å². The van der Waals surface area contributed by atoms with Crippen LogP contribution in [0.3, 0.4) is 0 Å². The van der Waals surface area contributed by atoms with Gasteiger partial charge in [0, 0.05) is 11.8 Å². The van der Waals surface area contributed by atoms with Gasteiger partial charge in [0.2, 0.25) is 0 Å². The predicted octanol–water partition coefficient (Wildman–Crippen LogP) is 4.59. The second-order valence-corrected chi connectivity index (χ2v) is 5.54. The van der Waals surface area contributed by atoms with Crippen LogP contribution >= 0.6 is 0 Å². The number of carbonyl (C=O) groups excluding carboxylic acids is 1. The van der Waals surface area contributed by atoms with E-state index in [1.807, 2.05) is 0 Å². The van der Waals surface area contributed by atoms with Crippen LogP contribution in [0.1, 0.15) is 21.7 Å². The molecule has 0 spiro atoms. The smallest absolute Gasteiger partial charge is 0.417 e. The topological polar surface area (TPSA) is 76.7 Å². The molecule has 6 nitrogen and oxygen atoms in total. The fourth-order valence-electron chi connectivity index (χ4n) is 2.34. The number of ether oxygens (including phenoxy) is 1. The molecule has 0 aliphatic rings. The fourth-order valence-corrected chi connectivity index (χ4v) is 2.34. The maximum absolute atomic E-state index is 12.5. The van der Waals surface area contributed by atoms with Crippen molar-refractivity contribution in [3.05, 3.63) is 71.6 Å². The summed E-state index contributed by atoms with van der Waals surface area (Å²) >= 11 is 0. The van der Waals surface area contributed by atoms with E-state index in [1.165, 1.54) is 19.4 Å². The lowest BCUT2D eigenvalue weighted by Crippen LogP contribution is -2.05. The van der Waals surface area contributed by atoms with Gasteiger partial charge in [-0.05, 0) is 30.3 Å². The minimum Gasteiger partial charge on any atom is -0.465 e. The molecule has 0 amide bonds. The van der Waals surface area contributed by atoms with E-state index in [-0.39, 0.29) is 5.82 Å². The Morgan fingerprint density at radius 1 is 1.18 bits per heavy atom. The molecule has 28 heavy (non-hydrogen) atoms. The first kappa shape index (κ1) is 19.2. The summed E-state index contributed by atoms with van der Waals surface area (Å²) in [4.78, 5) is 15.5. The van der Waals surface area contributed by atoms with Gasteiger partial charge in [0.25, 0.3) is 0 Å². The number of hydrogen-bond donors (Lipinski definition) is 1. The zero-order chi connectivity index (χ0) is 20.1. The van der Waals surface area contributed by atoms with E-state index >= 15 is 0 Å². The molecular formula is C19H14F3N3O3. The first-order valence-corrected chi connectivity index (χ1v) is 7.98. The van der Waals surface area contributed by atoms with Crippen molar-refractivity contribution >= 4 is 18.0 Å². The van der Waals surface area contributed by atoms with Gasteiger partial charge < -0.3 is 9.15 Å². The van der Waals surface area contributed by atoms with E-state index in [0.717, 1.165) is 6.07 Å². The predicted molar refractivity (Wildman–Crippen MR) is 95.9 cm³/mol. The number of rotatable bonds is 5. The number of furan rings is 1. The number of methoxy groups -OCH3 is 1. The molecule has 0 aliphatic carbocycles. The molecular weight excluding hydrogens is 375 g/mol. The van der Waals surface area contributed by atoms with Gasteiger partial charge in [0.05, 0.1) is 24.5 Å². The number of alkyl halides is 3. The third kappa shape index (κ3) is 4.37. The Kier molecular flexibility index (Phi) is 5.44. The quantitative estimate of drug-likeness (QED) is 0.392. The Bertz CT molecular complexity index is 995. The zero-order valence-corrected chi connectivity index (χ0v) is 14.5. The van der Waals surface area contributed by atoms with Gasteiger partial charge in [-0.2, -0.15) is 18.3 Å². The summed E-state index contributed by atoms with van der Waals surface area (Å²) in [7, 11) is 1.29. The monoisotopic (exact) mass is 389 g/mol. The second-order valence-electron chi connectivity index (χ2n) is 5.54. The van der Waals surface area contributed by atoms with E-state index in [4.69, 9.17) is 9.15 Å². The van der Waals surface area contributed by atoms with Crippen molar-refractivity contribution in [2.75, 3.05) is 12.5 Å². The average molecular weight is 389 g/mol. The summed E-state index contributed by atoms with van der Waals surface area (Å²) in [5.41, 5.74) is 2.59. The molecule has 0 bridgehead atoms. The molecule has 144 valence electrons. The number of pyridine rings is 1. The summed E-state index contributed by atoms with van der Waals surface area (Å²) in [5, 5.41) is 3.88. The number of anilines is 1. The highest BCUT2D eigenvalue weighted by molar-refractivity contribution is 5.96. The fraction of sp³-hybridized carbons (Fsp3) is 0.105. The lowest BCUT2D eigenvalue weighted by atomic mass is 10.1. The number of carbonyl (C=O) groups is 1. The standard InChI is InChI=1S/C19H14F3N3O3/c1-27-18(26)15-5-3-2-4-14(15)16-8-7-13(28-16)11-24-25-17-9-6-12(10-23-17)19(20,21)22/h2-11H,1H3,(H,23,25)/b24-11-. The van der Waals surface area contributed by atoms with Crippen LogP contribution in [0, 0.1) is 0 Å². The Balaban J connectivity index is 1.71. The van der Waals surface area contributed by atoms with E-state index < -0.39 is 17.7 Å². The minimum absolute atomic E-state index is 0.145. The molecule has 0 saturated carbocycles. The molecule has 2 heterocycles. The molecule has 0 aliphatic heterocycles. The number of hydrogen-bond acceptors (Lipinski definition) is 6. The lowest BCUT2D eigenvalue weighted by molar-refractivity contribution is -0.137. The summed E-state index contributed by atoms with van der Waals surface area (Å²) in [6.07, 6.45) is -2.39. The van der Waals surface area contributed by atoms with Crippen LogP contribution in [0.2, 0.25) is 0 Å². The van der Waals surface area contributed by atoms with Gasteiger partial charge in [0.1, 0.15) is 17.3 Å². The van der Waals surface area contributed by atoms with Gasteiger partial charge in [-0.3, -0.25) is 5.43 Å². The van der Waals surface area contributed by atoms with Crippen molar-refractivity contribution in [3.8, 4) is 11.3 Å². The first-order chi connectivity index (χ1) is 13.4. The average Bonchev–Trinajstić information content (AvgIpc) is 3.16. The Morgan fingerprint density at radius 3 is 2.64 bits per heavy atom. The van der Waals surface area contributed by atoms with Gasteiger partial charge >= 0.3 is 12.1 Å². The minimum atomic E-state index is -4.44. The number of aromatic nitrogens is 1. The zero-order valence-electron chi connectivity index (χ0n) is 14.5. The number of benzene rings is 1. The molecule has 3 aromatic rings. The maximum atomic E-state index is 12.5. The van der Waals surface area contributed by atoms with Crippen molar-refractivity contribution in [2.24, 2.45) is 5.10 Å². The van der Waals surface area contributed by atoms with Crippen molar-refractivity contribution in [2.45, 2.75) is 6.18 Å². The number of halogens is 3. The maximum Gasteiger partial charge on any atom is 0.417 e. The van der Waals surface area contributed by atoms with Gasteiger partial charge in [0.15, 0.2) is 0 Å². The normalized spacial score (nSPS) is 11.6. The molecule has 3 rings (SSSR count). The molecule has 1 N–H and O–H groups in total. The summed E-state index contributed by atoms with van der Waals surface area (Å²) in [6, 6.07) is 12.2. The highest BCUT2D eigenvalue weighted by atomic mass is 19.4. The molecule has 9 heteroatoms. The van der Waals surface area contributed by atoms with Crippen molar-refractivity contribution in [3.63, 3.8) is 0 Å². The summed E-state index contributed by atoms with van der Waals surface area (Å²) in [5.74, 6) is 0.466. The van der Waals surface area contributed by atoms with Crippen molar-refractivity contribution < 1.29 is 27.1 Å². The highest BCUT2D eigenvalue weighted by Crippen LogP contribution is 2.29. The van der Waals surface area contributed by atoms with Crippen LogP contribution in [0.25, 0.3) is 11.3 Å². The number of nitrogens with zero attached hydrogens (tertiary/aromatic N) is 2. The Hall–Kier alpha value is -3.62. The number of esters is 1. The van der Waals surface area contributed by atoms with E-state index in [9.17, 15) is 18.0 Å². The lowest BCUT2D eigenvalue weighted by Gasteiger charge is -2.06. The molecule has 0 unspecified atom stereocenters. The van der Waals surface area contributed by atoms with Gasteiger partial charge in [-0.15, -0.1) is 0 Å². The molecule has 0 radical (unpaired) electrons. The molecule has 2 aromatic heterocycles. The van der Waals surface area contributed by atoms with Gasteiger partial charge in [-0.25, -0.2) is 9.78 Å². The SMILES string of the molecule is COC(=O)c1ccccc1-c1ccc(/C=N\Nc2ccc(C(F)(F)F)cn2)o1. The van der Waals surface area contributed by atoms with Crippen LogP contribution in [0.15, 0.2) is 64.2 Å². The van der Waals surface area contributed by atoms with Gasteiger partial charge in [-0.1, -0.05) is 18.2 Å². The molecule has 1 aromatic carbocycles. The van der Waals surface area contributed by atoms with Crippen LogP contribution in [-0.4, -0.2) is 24.3 Å². The van der Waals surface area contributed by atoms with Crippen LogP contribution in [-0.2, 0) is 10.9 Å². The largest absolute Gasteiger partial charge is 0.465 e. The third-order valence-electron chi connectivity index (χ3n) is 3.69. The van der Waals surface area contributed by atoms with E-state index in [0.29, 0.717) is 28.8 Å². The van der Waals surface area contributed by atoms with E-state index in [1.54, 1.807) is 36.4 Å². The highest BCUT2D eigenvalue weighted by Gasteiger charge is 2.30. The molecule has 0 atom stereocenters. The Labute approximate surface area is 157 Å². The van der Waals surface area contributed by atoms with Crippen LogP contribution in [0.4, 0.5) is 19.0 Å².